The van der Waals surface area contributed by atoms with Crippen LogP contribution in [0.5, 0.6) is 11.5 Å². The van der Waals surface area contributed by atoms with Crippen molar-refractivity contribution in [1.29, 1.82) is 0 Å². The van der Waals surface area contributed by atoms with Gasteiger partial charge in [-0.05, 0) is 37.6 Å². The van der Waals surface area contributed by atoms with Crippen LogP contribution >= 0.6 is 0 Å². The Morgan fingerprint density at radius 1 is 1.05 bits per heavy atom. The molecule has 2 N–H and O–H groups in total. The summed E-state index contributed by atoms with van der Waals surface area (Å²) in [5.41, 5.74) is 1.51. The minimum Gasteiger partial charge on any atom is -0.493 e. The highest BCUT2D eigenvalue weighted by atomic mass is 16.6. The predicted octanol–water partition coefficient (Wildman–Crippen LogP) is 3.48. The van der Waals surface area contributed by atoms with E-state index in [0.29, 0.717) is 56.5 Å². The predicted molar refractivity (Wildman–Crippen MR) is 141 cm³/mol. The van der Waals surface area contributed by atoms with E-state index in [1.54, 1.807) is 32.4 Å². The molecule has 0 spiro atoms. The van der Waals surface area contributed by atoms with E-state index in [-0.39, 0.29) is 24.0 Å². The molecule has 0 radical (unpaired) electrons. The summed E-state index contributed by atoms with van der Waals surface area (Å²) in [5.74, 6) is 0.947. The standard InChI is InChI=1S/C28H39N3O6/c1-20(2)31(27(32)22-11-12-24(35-4)25(15-22)36-14-8-13-34-3)19-23-17-29-18-26(23)37-28(33)30-16-21-9-6-5-7-10-21/h5-7,9-12,15,20,23,26,29H,8,13-14,16-19H2,1-4H3,(H,30,33)/t23-,26-/m0/s1. The molecule has 9 heteroatoms. The Labute approximate surface area is 219 Å². The number of hydrogen-bond donors (Lipinski definition) is 2. The first-order valence-electron chi connectivity index (χ1n) is 12.7. The molecule has 1 fully saturated rings. The second-order valence-corrected chi connectivity index (χ2v) is 9.31. The Hall–Kier alpha value is -3.30. The molecule has 3 rings (SSSR count). The molecule has 0 aliphatic carbocycles. The maximum atomic E-state index is 13.6. The van der Waals surface area contributed by atoms with Gasteiger partial charge in [0.15, 0.2) is 11.5 Å². The van der Waals surface area contributed by atoms with Gasteiger partial charge in [0, 0.05) is 63.8 Å². The number of alkyl carbamates (subject to hydrolysis) is 1. The van der Waals surface area contributed by atoms with Crippen LogP contribution in [0.3, 0.4) is 0 Å². The van der Waals surface area contributed by atoms with Crippen molar-refractivity contribution in [3.05, 3.63) is 59.7 Å². The Kier molecular flexibility index (Phi) is 11.0. The topological polar surface area (TPSA) is 98.4 Å². The molecule has 37 heavy (non-hydrogen) atoms. The van der Waals surface area contributed by atoms with Crippen LogP contribution in [0, 0.1) is 5.92 Å². The summed E-state index contributed by atoms with van der Waals surface area (Å²) < 4.78 is 22.1. The molecule has 202 valence electrons. The van der Waals surface area contributed by atoms with Crippen LogP contribution in [0.2, 0.25) is 0 Å². The number of hydrogen-bond acceptors (Lipinski definition) is 7. The van der Waals surface area contributed by atoms with Gasteiger partial charge in [-0.3, -0.25) is 4.79 Å². The number of methoxy groups -OCH3 is 2. The first-order valence-corrected chi connectivity index (χ1v) is 12.7. The van der Waals surface area contributed by atoms with Crippen LogP contribution in [-0.2, 0) is 16.0 Å². The summed E-state index contributed by atoms with van der Waals surface area (Å²) in [7, 11) is 3.22. The summed E-state index contributed by atoms with van der Waals surface area (Å²) in [4.78, 5) is 27.8. The number of nitrogens with one attached hydrogen (secondary N) is 2. The Bertz CT molecular complexity index is 1000. The van der Waals surface area contributed by atoms with Crippen molar-refractivity contribution < 1.29 is 28.5 Å². The number of ether oxygens (including phenoxy) is 4. The van der Waals surface area contributed by atoms with Crippen LogP contribution in [0.15, 0.2) is 48.5 Å². The largest absolute Gasteiger partial charge is 0.493 e. The second-order valence-electron chi connectivity index (χ2n) is 9.31. The smallest absolute Gasteiger partial charge is 0.407 e. The van der Waals surface area contributed by atoms with E-state index in [4.69, 9.17) is 18.9 Å². The van der Waals surface area contributed by atoms with E-state index in [1.165, 1.54) is 0 Å². The van der Waals surface area contributed by atoms with Gasteiger partial charge < -0.3 is 34.5 Å². The molecule has 2 atom stereocenters. The highest BCUT2D eigenvalue weighted by molar-refractivity contribution is 5.95. The zero-order chi connectivity index (χ0) is 26.6. The van der Waals surface area contributed by atoms with Crippen molar-refractivity contribution >= 4 is 12.0 Å². The van der Waals surface area contributed by atoms with Crippen LogP contribution in [0.4, 0.5) is 4.79 Å². The molecule has 2 aromatic rings. The average Bonchev–Trinajstić information content (AvgIpc) is 3.34. The molecule has 2 amide bonds. The monoisotopic (exact) mass is 513 g/mol. The van der Waals surface area contributed by atoms with Gasteiger partial charge in [0.05, 0.1) is 13.7 Å². The summed E-state index contributed by atoms with van der Waals surface area (Å²) >= 11 is 0. The third kappa shape index (κ3) is 8.36. The van der Waals surface area contributed by atoms with E-state index in [2.05, 4.69) is 10.6 Å². The van der Waals surface area contributed by atoms with E-state index in [9.17, 15) is 9.59 Å². The van der Waals surface area contributed by atoms with Gasteiger partial charge >= 0.3 is 6.09 Å². The van der Waals surface area contributed by atoms with Gasteiger partial charge in [0.1, 0.15) is 6.10 Å². The van der Waals surface area contributed by atoms with E-state index in [1.807, 2.05) is 49.1 Å². The third-order valence-electron chi connectivity index (χ3n) is 6.29. The minimum absolute atomic E-state index is 0.0307. The summed E-state index contributed by atoms with van der Waals surface area (Å²) in [6.07, 6.45) is -0.0685. The zero-order valence-corrected chi connectivity index (χ0v) is 22.2. The van der Waals surface area contributed by atoms with Gasteiger partial charge in [-0.25, -0.2) is 4.79 Å². The Morgan fingerprint density at radius 3 is 2.54 bits per heavy atom. The van der Waals surface area contributed by atoms with Gasteiger partial charge in [0.2, 0.25) is 0 Å². The minimum atomic E-state index is -0.463. The zero-order valence-electron chi connectivity index (χ0n) is 22.2. The van der Waals surface area contributed by atoms with Crippen LogP contribution in [-0.4, -0.2) is 76.1 Å². The molecule has 0 bridgehead atoms. The van der Waals surface area contributed by atoms with Crippen molar-refractivity contribution in [3.8, 4) is 11.5 Å². The molecule has 0 aromatic heterocycles. The fourth-order valence-corrected chi connectivity index (χ4v) is 4.23. The fraction of sp³-hybridized carbons (Fsp3) is 0.500. The van der Waals surface area contributed by atoms with Gasteiger partial charge in [-0.2, -0.15) is 0 Å². The Balaban J connectivity index is 1.63. The third-order valence-corrected chi connectivity index (χ3v) is 6.29. The highest BCUT2D eigenvalue weighted by Crippen LogP contribution is 2.29. The quantitative estimate of drug-likeness (QED) is 0.396. The van der Waals surface area contributed by atoms with Gasteiger partial charge in [-0.1, -0.05) is 30.3 Å². The van der Waals surface area contributed by atoms with Crippen molar-refractivity contribution in [2.75, 3.05) is 47.1 Å². The summed E-state index contributed by atoms with van der Waals surface area (Å²) in [5, 5.41) is 6.10. The van der Waals surface area contributed by atoms with Crippen LogP contribution in [0.1, 0.15) is 36.2 Å². The lowest BCUT2D eigenvalue weighted by Gasteiger charge is -2.31. The SMILES string of the molecule is COCCCOc1cc(C(=O)N(C[C@@H]2CNC[C@@H]2OC(=O)NCc2ccccc2)C(C)C)ccc1OC. The van der Waals surface area contributed by atoms with E-state index >= 15 is 0 Å². The summed E-state index contributed by atoms with van der Waals surface area (Å²) in [6, 6.07) is 14.8. The first kappa shape index (κ1) is 28.3. The molecule has 1 aliphatic rings. The van der Waals surface area contributed by atoms with Crippen molar-refractivity contribution in [2.24, 2.45) is 5.92 Å². The number of carbonyl (C=O) groups is 2. The second kappa shape index (κ2) is 14.4. The van der Waals surface area contributed by atoms with Crippen molar-refractivity contribution in [1.82, 2.24) is 15.5 Å². The molecular formula is C28H39N3O6. The molecule has 1 heterocycles. The highest BCUT2D eigenvalue weighted by Gasteiger charge is 2.34. The Morgan fingerprint density at radius 2 is 1.84 bits per heavy atom. The number of amides is 2. The molecular weight excluding hydrogens is 474 g/mol. The lowest BCUT2D eigenvalue weighted by Crippen LogP contribution is -2.44. The average molecular weight is 514 g/mol. The molecule has 0 saturated carbocycles. The molecule has 1 aliphatic heterocycles. The maximum Gasteiger partial charge on any atom is 0.407 e. The normalized spacial score (nSPS) is 16.9. The van der Waals surface area contributed by atoms with Crippen LogP contribution < -0.4 is 20.1 Å². The maximum absolute atomic E-state index is 13.6. The van der Waals surface area contributed by atoms with E-state index < -0.39 is 6.09 Å². The van der Waals surface area contributed by atoms with Crippen LogP contribution in [0.25, 0.3) is 0 Å². The summed E-state index contributed by atoms with van der Waals surface area (Å²) in [6.45, 7) is 7.06. The number of carbonyl (C=O) groups excluding carboxylic acids is 2. The van der Waals surface area contributed by atoms with Crippen molar-refractivity contribution in [2.45, 2.75) is 39.0 Å². The number of benzene rings is 2. The lowest BCUT2D eigenvalue weighted by molar-refractivity contribution is 0.0521. The first-order chi connectivity index (χ1) is 17.9. The number of rotatable bonds is 13. The lowest BCUT2D eigenvalue weighted by atomic mass is 10.0. The molecule has 0 unspecified atom stereocenters. The van der Waals surface area contributed by atoms with E-state index in [0.717, 1.165) is 12.0 Å². The van der Waals surface area contributed by atoms with Gasteiger partial charge in [-0.15, -0.1) is 0 Å². The molecule has 9 nitrogen and oxygen atoms in total. The molecule has 1 saturated heterocycles. The number of nitrogens with zero attached hydrogens (tertiary/aromatic N) is 1. The fourth-order valence-electron chi connectivity index (χ4n) is 4.23. The molecule has 2 aromatic carbocycles. The van der Waals surface area contributed by atoms with Gasteiger partial charge in [0.25, 0.3) is 5.91 Å². The van der Waals surface area contributed by atoms with Crippen molar-refractivity contribution in [3.63, 3.8) is 0 Å².